The number of hydrogen-bond donors (Lipinski definition) is 0. The number of carbonyl (C=O) groups is 1. The molecule has 13 heavy (non-hydrogen) atoms. The van der Waals surface area contributed by atoms with E-state index < -0.39 is 0 Å². The fraction of sp³-hybridized carbons (Fsp3) is 0.583. The molecule has 1 aliphatic carbocycles. The second kappa shape index (κ2) is 3.91. The van der Waals surface area contributed by atoms with Crippen molar-refractivity contribution in [1.29, 1.82) is 0 Å². The van der Waals surface area contributed by atoms with E-state index in [0.717, 1.165) is 12.8 Å². The Bertz CT molecular complexity index is 246. The van der Waals surface area contributed by atoms with E-state index in [-0.39, 0.29) is 17.1 Å². The Labute approximate surface area is 80.5 Å². The summed E-state index contributed by atoms with van der Waals surface area (Å²) in [4.78, 5) is 11.7. The minimum Gasteiger partial charge on any atom is -0.295 e. The first-order valence-corrected chi connectivity index (χ1v) is 4.89. The molecule has 1 nitrogen and oxygen atoms in total. The van der Waals surface area contributed by atoms with E-state index in [0.29, 0.717) is 0 Å². The Hall–Kier alpha value is -0.850. The minimum absolute atomic E-state index is 0.130. The molecular weight excluding hydrogens is 160 g/mol. The molecule has 0 aromatic carbocycles. The average Bonchev–Trinajstić information content (AvgIpc) is 2.03. The Morgan fingerprint density at radius 1 is 1.46 bits per heavy atom. The second-order valence-corrected chi connectivity index (χ2v) is 4.35. The molecule has 0 saturated carbocycles. The monoisotopic (exact) mass is 178 g/mol. The molecule has 0 radical (unpaired) electrons. The predicted octanol–water partition coefficient (Wildman–Crippen LogP) is 3.12. The summed E-state index contributed by atoms with van der Waals surface area (Å²) in [6, 6.07) is 0. The van der Waals surface area contributed by atoms with Gasteiger partial charge >= 0.3 is 0 Å². The predicted molar refractivity (Wildman–Crippen MR) is 55.5 cm³/mol. The highest BCUT2D eigenvalue weighted by atomic mass is 16.1. The van der Waals surface area contributed by atoms with Gasteiger partial charge in [-0.15, -0.1) is 0 Å². The van der Waals surface area contributed by atoms with Crippen LogP contribution in [0, 0.1) is 11.3 Å². The summed E-state index contributed by atoms with van der Waals surface area (Å²) in [6.07, 6.45) is 9.75. The van der Waals surface area contributed by atoms with Crippen molar-refractivity contribution in [2.75, 3.05) is 0 Å². The van der Waals surface area contributed by atoms with Crippen LogP contribution in [-0.2, 0) is 4.79 Å². The van der Waals surface area contributed by atoms with Crippen LogP contribution in [0.15, 0.2) is 24.3 Å². The SMILES string of the molecule is C/C=C/C(=O)C1CC=CCC1(C)C. The zero-order valence-corrected chi connectivity index (χ0v) is 8.71. The van der Waals surface area contributed by atoms with Gasteiger partial charge in [-0.05, 0) is 31.3 Å². The maximum absolute atomic E-state index is 11.7. The van der Waals surface area contributed by atoms with E-state index in [4.69, 9.17) is 0 Å². The standard InChI is InChI=1S/C12H18O/c1-4-7-11(13)10-8-5-6-9-12(10,2)3/h4-7,10H,8-9H2,1-3H3/b7-4+. The Balaban J connectivity index is 2.78. The van der Waals surface area contributed by atoms with Crippen LogP contribution in [0.1, 0.15) is 33.6 Å². The van der Waals surface area contributed by atoms with Crippen molar-refractivity contribution in [3.05, 3.63) is 24.3 Å². The molecule has 0 bridgehead atoms. The molecule has 1 aliphatic rings. The first kappa shape index (κ1) is 10.2. The van der Waals surface area contributed by atoms with E-state index in [2.05, 4.69) is 26.0 Å². The van der Waals surface area contributed by atoms with Gasteiger partial charge in [0.15, 0.2) is 5.78 Å². The fourth-order valence-corrected chi connectivity index (χ4v) is 1.86. The molecule has 0 amide bonds. The molecular formula is C12H18O. The number of carbonyl (C=O) groups excluding carboxylic acids is 1. The van der Waals surface area contributed by atoms with Crippen molar-refractivity contribution < 1.29 is 4.79 Å². The van der Waals surface area contributed by atoms with E-state index in [9.17, 15) is 4.79 Å². The smallest absolute Gasteiger partial charge is 0.159 e. The van der Waals surface area contributed by atoms with Crippen molar-refractivity contribution in [1.82, 2.24) is 0 Å². The highest BCUT2D eigenvalue weighted by Gasteiger charge is 2.33. The molecule has 1 heteroatoms. The molecule has 1 rings (SSSR count). The molecule has 0 N–H and O–H groups in total. The van der Waals surface area contributed by atoms with Crippen molar-refractivity contribution in [3.8, 4) is 0 Å². The lowest BCUT2D eigenvalue weighted by atomic mass is 9.70. The Kier molecular flexibility index (Phi) is 3.07. The van der Waals surface area contributed by atoms with Crippen LogP contribution < -0.4 is 0 Å². The maximum atomic E-state index is 11.7. The summed E-state index contributed by atoms with van der Waals surface area (Å²) in [7, 11) is 0. The lowest BCUT2D eigenvalue weighted by Crippen LogP contribution is -2.31. The third kappa shape index (κ3) is 2.30. The van der Waals surface area contributed by atoms with E-state index in [1.54, 1.807) is 6.08 Å². The number of hydrogen-bond acceptors (Lipinski definition) is 1. The quantitative estimate of drug-likeness (QED) is 0.469. The number of rotatable bonds is 2. The van der Waals surface area contributed by atoms with Gasteiger partial charge in [0, 0.05) is 5.92 Å². The molecule has 1 atom stereocenters. The first-order chi connectivity index (χ1) is 6.08. The molecule has 0 fully saturated rings. The molecule has 0 spiro atoms. The van der Waals surface area contributed by atoms with Gasteiger partial charge in [0.1, 0.15) is 0 Å². The van der Waals surface area contributed by atoms with Gasteiger partial charge in [0.2, 0.25) is 0 Å². The van der Waals surface area contributed by atoms with Crippen LogP contribution in [-0.4, -0.2) is 5.78 Å². The highest BCUT2D eigenvalue weighted by molar-refractivity contribution is 5.92. The van der Waals surface area contributed by atoms with E-state index in [1.807, 2.05) is 13.0 Å². The fourth-order valence-electron chi connectivity index (χ4n) is 1.86. The molecule has 0 aromatic heterocycles. The summed E-state index contributed by atoms with van der Waals surface area (Å²) < 4.78 is 0. The zero-order chi connectivity index (χ0) is 9.90. The van der Waals surface area contributed by atoms with E-state index in [1.165, 1.54) is 0 Å². The summed E-state index contributed by atoms with van der Waals surface area (Å²) in [5, 5.41) is 0. The second-order valence-electron chi connectivity index (χ2n) is 4.35. The minimum atomic E-state index is 0.130. The Morgan fingerprint density at radius 2 is 2.15 bits per heavy atom. The molecule has 0 aromatic rings. The molecule has 0 heterocycles. The van der Waals surface area contributed by atoms with Gasteiger partial charge in [-0.1, -0.05) is 32.1 Å². The zero-order valence-electron chi connectivity index (χ0n) is 8.71. The molecule has 1 unspecified atom stereocenters. The largest absolute Gasteiger partial charge is 0.295 e. The van der Waals surface area contributed by atoms with Gasteiger partial charge in [0.25, 0.3) is 0 Å². The lowest BCUT2D eigenvalue weighted by Gasteiger charge is -2.33. The van der Waals surface area contributed by atoms with Crippen LogP contribution in [0.2, 0.25) is 0 Å². The van der Waals surface area contributed by atoms with Gasteiger partial charge in [0.05, 0.1) is 0 Å². The van der Waals surface area contributed by atoms with Crippen molar-refractivity contribution in [2.45, 2.75) is 33.6 Å². The molecule has 0 saturated heterocycles. The van der Waals surface area contributed by atoms with Crippen molar-refractivity contribution in [3.63, 3.8) is 0 Å². The van der Waals surface area contributed by atoms with Gasteiger partial charge in [-0.2, -0.15) is 0 Å². The van der Waals surface area contributed by atoms with Gasteiger partial charge in [-0.25, -0.2) is 0 Å². The maximum Gasteiger partial charge on any atom is 0.159 e. The third-order valence-corrected chi connectivity index (χ3v) is 2.80. The van der Waals surface area contributed by atoms with Crippen molar-refractivity contribution >= 4 is 5.78 Å². The molecule has 72 valence electrons. The van der Waals surface area contributed by atoms with E-state index >= 15 is 0 Å². The van der Waals surface area contributed by atoms with Crippen LogP contribution in [0.5, 0.6) is 0 Å². The van der Waals surface area contributed by atoms with Gasteiger partial charge in [-0.3, -0.25) is 4.79 Å². The summed E-state index contributed by atoms with van der Waals surface area (Å²) in [5.74, 6) is 0.450. The van der Waals surface area contributed by atoms with Crippen molar-refractivity contribution in [2.24, 2.45) is 11.3 Å². The average molecular weight is 178 g/mol. The number of allylic oxidation sites excluding steroid dienone is 4. The lowest BCUT2D eigenvalue weighted by molar-refractivity contribution is -0.121. The van der Waals surface area contributed by atoms with Crippen LogP contribution in [0.3, 0.4) is 0 Å². The van der Waals surface area contributed by atoms with Crippen LogP contribution >= 0.6 is 0 Å². The van der Waals surface area contributed by atoms with Crippen LogP contribution in [0.25, 0.3) is 0 Å². The Morgan fingerprint density at radius 3 is 2.69 bits per heavy atom. The van der Waals surface area contributed by atoms with Crippen LogP contribution in [0.4, 0.5) is 0 Å². The highest BCUT2D eigenvalue weighted by Crippen LogP contribution is 2.37. The summed E-state index contributed by atoms with van der Waals surface area (Å²) in [5.41, 5.74) is 0.130. The molecule has 0 aliphatic heterocycles. The summed E-state index contributed by atoms with van der Waals surface area (Å²) in [6.45, 7) is 6.23. The normalized spacial score (nSPS) is 26.5. The summed E-state index contributed by atoms with van der Waals surface area (Å²) >= 11 is 0. The third-order valence-electron chi connectivity index (χ3n) is 2.80. The first-order valence-electron chi connectivity index (χ1n) is 4.89. The number of ketones is 1. The topological polar surface area (TPSA) is 17.1 Å². The van der Waals surface area contributed by atoms with Gasteiger partial charge < -0.3 is 0 Å².